The molecule has 5 rings (SSSR count). The lowest BCUT2D eigenvalue weighted by molar-refractivity contribution is -0.384. The third kappa shape index (κ3) is 8.09. The first-order valence-electron chi connectivity index (χ1n) is 13.3. The second-order valence-electron chi connectivity index (χ2n) is 9.49. The molecule has 3 aromatic carbocycles. The van der Waals surface area contributed by atoms with E-state index in [1.54, 1.807) is 16.7 Å². The smallest absolute Gasteiger partial charge is 0.296 e. The second-order valence-corrected chi connectivity index (χ2v) is 12.7. The molecule has 0 unspecified atom stereocenters. The van der Waals surface area contributed by atoms with Crippen LogP contribution in [0.15, 0.2) is 70.2 Å². The SMILES string of the molecule is COc1ccc(NC(=O)CSc2nc3ccc(NC(=O)CSc4nnc(COc5ccccc5C)n4C)cc3s2)c([N+](=O)[O-])c1. The maximum atomic E-state index is 12.7. The Morgan fingerprint density at radius 2 is 1.80 bits per heavy atom. The Hall–Kier alpha value is -4.67. The van der Waals surface area contributed by atoms with Crippen LogP contribution >= 0.6 is 34.9 Å². The van der Waals surface area contributed by atoms with Crippen LogP contribution in [-0.2, 0) is 23.2 Å². The number of fused-ring (bicyclic) bond motifs is 1. The molecule has 0 fully saturated rings. The van der Waals surface area contributed by atoms with Crippen LogP contribution < -0.4 is 20.1 Å². The average Bonchev–Trinajstić information content (AvgIpc) is 3.60. The molecule has 0 bridgehead atoms. The molecular weight excluding hydrogens is 639 g/mol. The van der Waals surface area contributed by atoms with Crippen LogP contribution in [0, 0.1) is 17.0 Å². The van der Waals surface area contributed by atoms with Gasteiger partial charge in [0.25, 0.3) is 5.69 Å². The number of hydrogen-bond acceptors (Lipinski definition) is 12. The van der Waals surface area contributed by atoms with Crippen LogP contribution in [0.5, 0.6) is 11.5 Å². The molecule has 0 aliphatic heterocycles. The predicted octanol–water partition coefficient (Wildman–Crippen LogP) is 5.69. The Balaban J connectivity index is 1.12. The number of thiazole rings is 1. The van der Waals surface area contributed by atoms with E-state index in [-0.39, 0.29) is 35.4 Å². The number of methoxy groups -OCH3 is 1. The molecule has 16 heteroatoms. The van der Waals surface area contributed by atoms with Crippen molar-refractivity contribution in [1.82, 2.24) is 19.7 Å². The largest absolute Gasteiger partial charge is 0.496 e. The van der Waals surface area contributed by atoms with Gasteiger partial charge in [-0.1, -0.05) is 41.7 Å². The fraction of sp³-hybridized carbons (Fsp3) is 0.207. The highest BCUT2D eigenvalue weighted by Gasteiger charge is 2.18. The van der Waals surface area contributed by atoms with Gasteiger partial charge in [0.05, 0.1) is 39.8 Å². The van der Waals surface area contributed by atoms with E-state index in [0.29, 0.717) is 26.8 Å². The van der Waals surface area contributed by atoms with Gasteiger partial charge in [0, 0.05) is 12.7 Å². The van der Waals surface area contributed by atoms with E-state index in [2.05, 4.69) is 25.8 Å². The van der Waals surface area contributed by atoms with Crippen LogP contribution in [0.3, 0.4) is 0 Å². The van der Waals surface area contributed by atoms with Crippen LogP contribution in [0.2, 0.25) is 0 Å². The summed E-state index contributed by atoms with van der Waals surface area (Å²) in [7, 11) is 3.24. The van der Waals surface area contributed by atoms with Crippen molar-refractivity contribution in [3.63, 3.8) is 0 Å². The zero-order valence-electron chi connectivity index (χ0n) is 24.3. The standard InChI is InChI=1S/C29H27N7O6S3/c1-17-6-4-5-7-23(17)42-14-25-33-34-28(35(25)2)43-15-26(37)30-18-8-10-21-24(12-18)45-29(32-21)44-16-27(38)31-20-11-9-19(41-3)13-22(20)36(39)40/h4-13H,14-16H2,1-3H3,(H,30,37)(H,31,38). The van der Waals surface area contributed by atoms with Crippen LogP contribution in [-0.4, -0.2) is 55.1 Å². The second kappa shape index (κ2) is 14.4. The van der Waals surface area contributed by atoms with Crippen molar-refractivity contribution in [2.45, 2.75) is 23.0 Å². The molecule has 5 aromatic rings. The van der Waals surface area contributed by atoms with Gasteiger partial charge < -0.3 is 24.7 Å². The van der Waals surface area contributed by atoms with Crippen LogP contribution in [0.4, 0.5) is 17.1 Å². The highest BCUT2D eigenvalue weighted by Crippen LogP contribution is 2.33. The third-order valence-corrected chi connectivity index (χ3v) is 9.54. The Kier molecular flexibility index (Phi) is 10.2. The molecule has 0 saturated heterocycles. The molecule has 0 aliphatic carbocycles. The van der Waals surface area contributed by atoms with Crippen molar-refractivity contribution in [1.29, 1.82) is 0 Å². The Morgan fingerprint density at radius 1 is 1.02 bits per heavy atom. The number of nitrogens with zero attached hydrogens (tertiary/aromatic N) is 5. The number of nitro benzene ring substituents is 1. The van der Waals surface area contributed by atoms with Gasteiger partial charge in [-0.2, -0.15) is 0 Å². The highest BCUT2D eigenvalue weighted by atomic mass is 32.2. The number of hydrogen-bond donors (Lipinski definition) is 2. The van der Waals surface area contributed by atoms with Gasteiger partial charge in [-0.3, -0.25) is 19.7 Å². The zero-order valence-corrected chi connectivity index (χ0v) is 26.8. The molecule has 0 radical (unpaired) electrons. The molecule has 2 N–H and O–H groups in total. The fourth-order valence-corrected chi connectivity index (χ4v) is 6.67. The lowest BCUT2D eigenvalue weighted by atomic mass is 10.2. The summed E-state index contributed by atoms with van der Waals surface area (Å²) < 4.78 is 14.2. The number of anilines is 2. The summed E-state index contributed by atoms with van der Waals surface area (Å²) in [6.07, 6.45) is 0. The molecule has 2 heterocycles. The number of carbonyl (C=O) groups excluding carboxylic acids is 2. The monoisotopic (exact) mass is 665 g/mol. The number of aryl methyl sites for hydroxylation is 1. The quantitative estimate of drug-likeness (QED) is 0.0902. The van der Waals surface area contributed by atoms with Gasteiger partial charge >= 0.3 is 0 Å². The van der Waals surface area contributed by atoms with E-state index < -0.39 is 10.8 Å². The summed E-state index contributed by atoms with van der Waals surface area (Å²) in [5, 5.41) is 25.8. The zero-order chi connectivity index (χ0) is 31.9. The van der Waals surface area contributed by atoms with Gasteiger partial charge in [0.1, 0.15) is 23.8 Å². The Bertz CT molecular complexity index is 1880. The summed E-state index contributed by atoms with van der Waals surface area (Å²) in [6, 6.07) is 17.3. The predicted molar refractivity (Wildman–Crippen MR) is 174 cm³/mol. The highest BCUT2D eigenvalue weighted by molar-refractivity contribution is 8.01. The lowest BCUT2D eigenvalue weighted by Gasteiger charge is -2.08. The number of aromatic nitrogens is 4. The number of nitrogens with one attached hydrogen (secondary N) is 2. The summed E-state index contributed by atoms with van der Waals surface area (Å²) in [6.45, 7) is 2.23. The number of rotatable bonds is 13. The molecular formula is C29H27N7O6S3. The summed E-state index contributed by atoms with van der Waals surface area (Å²) >= 11 is 3.86. The summed E-state index contributed by atoms with van der Waals surface area (Å²) in [5.41, 5.74) is 2.19. The molecule has 0 aliphatic rings. The normalized spacial score (nSPS) is 10.9. The number of nitro groups is 1. The van der Waals surface area contributed by atoms with E-state index >= 15 is 0 Å². The Labute approximate surface area is 269 Å². The average molecular weight is 666 g/mol. The van der Waals surface area contributed by atoms with E-state index in [4.69, 9.17) is 9.47 Å². The van der Waals surface area contributed by atoms with Gasteiger partial charge in [-0.25, -0.2) is 4.98 Å². The molecule has 0 atom stereocenters. The van der Waals surface area contributed by atoms with Crippen molar-refractivity contribution in [2.24, 2.45) is 7.05 Å². The van der Waals surface area contributed by atoms with E-state index in [9.17, 15) is 19.7 Å². The van der Waals surface area contributed by atoms with Gasteiger partial charge in [0.2, 0.25) is 11.8 Å². The Morgan fingerprint density at radius 3 is 2.58 bits per heavy atom. The van der Waals surface area contributed by atoms with Crippen LogP contribution in [0.1, 0.15) is 11.4 Å². The van der Waals surface area contributed by atoms with E-state index in [1.807, 2.05) is 44.3 Å². The van der Waals surface area contributed by atoms with Crippen molar-refractivity contribution in [3.8, 4) is 11.5 Å². The minimum absolute atomic E-state index is 0.00556. The lowest BCUT2D eigenvalue weighted by Crippen LogP contribution is -2.15. The number of para-hydroxylation sites is 1. The maximum absolute atomic E-state index is 12.7. The van der Waals surface area contributed by atoms with Gasteiger partial charge in [0.15, 0.2) is 15.3 Å². The van der Waals surface area contributed by atoms with Crippen molar-refractivity contribution in [2.75, 3.05) is 29.2 Å². The minimum atomic E-state index is -0.580. The first-order chi connectivity index (χ1) is 21.7. The van der Waals surface area contributed by atoms with E-state index in [0.717, 1.165) is 21.5 Å². The van der Waals surface area contributed by atoms with Gasteiger partial charge in [-0.15, -0.1) is 21.5 Å². The van der Waals surface area contributed by atoms with Crippen LogP contribution in [0.25, 0.3) is 10.2 Å². The molecule has 232 valence electrons. The molecule has 0 spiro atoms. The van der Waals surface area contributed by atoms with E-state index in [1.165, 1.54) is 60.2 Å². The molecule has 13 nitrogen and oxygen atoms in total. The first-order valence-corrected chi connectivity index (χ1v) is 16.1. The number of benzene rings is 3. The molecule has 2 aromatic heterocycles. The van der Waals surface area contributed by atoms with Crippen molar-refractivity contribution in [3.05, 3.63) is 82.2 Å². The maximum Gasteiger partial charge on any atom is 0.296 e. The molecule has 45 heavy (non-hydrogen) atoms. The van der Waals surface area contributed by atoms with Gasteiger partial charge in [-0.05, 0) is 48.9 Å². The minimum Gasteiger partial charge on any atom is -0.496 e. The number of carbonyl (C=O) groups is 2. The number of amides is 2. The third-order valence-electron chi connectivity index (χ3n) is 6.36. The number of ether oxygens (including phenoxy) is 2. The summed E-state index contributed by atoms with van der Waals surface area (Å²) in [5.74, 6) is 1.26. The fourth-order valence-electron chi connectivity index (χ4n) is 4.04. The summed E-state index contributed by atoms with van der Waals surface area (Å²) in [4.78, 5) is 40.6. The van der Waals surface area contributed by atoms with Crippen molar-refractivity contribution < 1.29 is 24.0 Å². The number of thioether (sulfide) groups is 2. The molecule has 0 saturated carbocycles. The topological polar surface area (TPSA) is 163 Å². The van der Waals surface area contributed by atoms with Crippen molar-refractivity contribution >= 4 is 74.0 Å². The molecule has 2 amide bonds. The first kappa shape index (κ1) is 31.7.